The summed E-state index contributed by atoms with van der Waals surface area (Å²) in [4.78, 5) is 11.9. The van der Waals surface area contributed by atoms with Crippen molar-refractivity contribution in [1.82, 2.24) is 5.32 Å². The molecule has 118 valence electrons. The van der Waals surface area contributed by atoms with E-state index in [1.165, 1.54) is 12.7 Å². The summed E-state index contributed by atoms with van der Waals surface area (Å²) in [6.45, 7) is 9.40. The first-order valence-corrected chi connectivity index (χ1v) is 7.87. The Balaban J connectivity index is 2.77. The molecule has 0 amide bonds. The maximum absolute atomic E-state index is 11.9. The van der Waals surface area contributed by atoms with Gasteiger partial charge in [0.05, 0.1) is 7.11 Å². The fraction of sp³-hybridized carbons (Fsp3) is 0.611. The van der Waals surface area contributed by atoms with Gasteiger partial charge in [-0.1, -0.05) is 64.4 Å². The van der Waals surface area contributed by atoms with E-state index in [0.717, 1.165) is 13.0 Å². The van der Waals surface area contributed by atoms with Crippen molar-refractivity contribution >= 4 is 5.97 Å². The van der Waals surface area contributed by atoms with Gasteiger partial charge in [0.25, 0.3) is 0 Å². The summed E-state index contributed by atoms with van der Waals surface area (Å²) in [6.07, 6.45) is 0.949. The Hall–Kier alpha value is -1.35. The number of hydrogen-bond donors (Lipinski definition) is 1. The maximum Gasteiger partial charge on any atom is 0.323 e. The van der Waals surface area contributed by atoms with Crippen LogP contribution in [0.1, 0.15) is 45.6 Å². The Kier molecular flexibility index (Phi) is 7.44. The van der Waals surface area contributed by atoms with E-state index < -0.39 is 0 Å². The Labute approximate surface area is 129 Å². The third kappa shape index (κ3) is 5.16. The van der Waals surface area contributed by atoms with Gasteiger partial charge in [0.2, 0.25) is 0 Å². The molecule has 1 N–H and O–H groups in total. The summed E-state index contributed by atoms with van der Waals surface area (Å²) in [6, 6.07) is 10.2. The standard InChI is InChI=1S/C18H29NO2/c1-6-14(4)17(18(20)21-5)19-12-16(13(2)3)15-10-8-7-9-11-15/h7-11,13-14,16-17,19H,6,12H2,1-5H3. The van der Waals surface area contributed by atoms with Crippen molar-refractivity contribution in [3.63, 3.8) is 0 Å². The second-order valence-corrected chi connectivity index (χ2v) is 6.06. The van der Waals surface area contributed by atoms with Crippen molar-refractivity contribution in [2.45, 2.75) is 46.1 Å². The average Bonchev–Trinajstić information content (AvgIpc) is 2.50. The minimum atomic E-state index is -0.232. The minimum Gasteiger partial charge on any atom is -0.468 e. The summed E-state index contributed by atoms with van der Waals surface area (Å²) in [5.74, 6) is 0.999. The van der Waals surface area contributed by atoms with E-state index in [-0.39, 0.29) is 17.9 Å². The predicted octanol–water partition coefficient (Wildman–Crippen LogP) is 3.60. The van der Waals surface area contributed by atoms with Crippen LogP contribution in [0.5, 0.6) is 0 Å². The van der Waals surface area contributed by atoms with Crippen LogP contribution in [-0.2, 0) is 9.53 Å². The summed E-state index contributed by atoms with van der Waals surface area (Å²) in [5.41, 5.74) is 1.31. The largest absolute Gasteiger partial charge is 0.468 e. The van der Waals surface area contributed by atoms with Crippen molar-refractivity contribution in [3.05, 3.63) is 35.9 Å². The van der Waals surface area contributed by atoms with Crippen molar-refractivity contribution in [2.75, 3.05) is 13.7 Å². The van der Waals surface area contributed by atoms with Crippen LogP contribution in [0.3, 0.4) is 0 Å². The molecule has 1 aromatic rings. The van der Waals surface area contributed by atoms with Crippen molar-refractivity contribution in [1.29, 1.82) is 0 Å². The number of methoxy groups -OCH3 is 1. The zero-order valence-electron chi connectivity index (χ0n) is 13.9. The number of ether oxygens (including phenoxy) is 1. The van der Waals surface area contributed by atoms with E-state index in [1.54, 1.807) is 0 Å². The zero-order chi connectivity index (χ0) is 15.8. The molecular formula is C18H29NO2. The maximum atomic E-state index is 11.9. The van der Waals surface area contributed by atoms with Crippen molar-refractivity contribution in [3.8, 4) is 0 Å². The number of hydrogen-bond acceptors (Lipinski definition) is 3. The van der Waals surface area contributed by atoms with Crippen LogP contribution in [0, 0.1) is 11.8 Å². The first kappa shape index (κ1) is 17.7. The summed E-state index contributed by atoms with van der Waals surface area (Å²) >= 11 is 0. The molecule has 0 bridgehead atoms. The fourth-order valence-corrected chi connectivity index (χ4v) is 2.57. The molecule has 0 fully saturated rings. The number of esters is 1. The van der Waals surface area contributed by atoms with Gasteiger partial charge in [0.15, 0.2) is 0 Å². The van der Waals surface area contributed by atoms with Crippen LogP contribution < -0.4 is 5.32 Å². The van der Waals surface area contributed by atoms with Crippen molar-refractivity contribution < 1.29 is 9.53 Å². The minimum absolute atomic E-state index is 0.167. The zero-order valence-corrected chi connectivity index (χ0v) is 13.9. The normalized spacial score (nSPS) is 15.5. The first-order valence-electron chi connectivity index (χ1n) is 7.87. The van der Waals surface area contributed by atoms with E-state index in [0.29, 0.717) is 11.8 Å². The van der Waals surface area contributed by atoms with Gasteiger partial charge in [0.1, 0.15) is 6.04 Å². The Morgan fingerprint density at radius 2 is 1.81 bits per heavy atom. The third-order valence-electron chi connectivity index (χ3n) is 4.26. The highest BCUT2D eigenvalue weighted by Gasteiger charge is 2.26. The lowest BCUT2D eigenvalue weighted by molar-refractivity contribution is -0.144. The number of rotatable bonds is 8. The topological polar surface area (TPSA) is 38.3 Å². The molecule has 1 rings (SSSR count). The Morgan fingerprint density at radius 1 is 1.19 bits per heavy atom. The molecule has 0 aliphatic heterocycles. The lowest BCUT2D eigenvalue weighted by Gasteiger charge is -2.27. The highest BCUT2D eigenvalue weighted by molar-refractivity contribution is 5.76. The van der Waals surface area contributed by atoms with E-state index in [4.69, 9.17) is 4.74 Å². The molecule has 0 saturated heterocycles. The first-order chi connectivity index (χ1) is 10.0. The van der Waals surface area contributed by atoms with Gasteiger partial charge in [-0.3, -0.25) is 4.79 Å². The highest BCUT2D eigenvalue weighted by Crippen LogP contribution is 2.24. The summed E-state index contributed by atoms with van der Waals surface area (Å²) in [5, 5.41) is 3.43. The molecule has 3 unspecified atom stereocenters. The molecule has 3 heteroatoms. The van der Waals surface area contributed by atoms with Crippen LogP contribution in [0.15, 0.2) is 30.3 Å². The molecule has 0 spiro atoms. The monoisotopic (exact) mass is 291 g/mol. The quantitative estimate of drug-likeness (QED) is 0.744. The van der Waals surface area contributed by atoms with E-state index >= 15 is 0 Å². The van der Waals surface area contributed by atoms with Crippen LogP contribution in [-0.4, -0.2) is 25.7 Å². The average molecular weight is 291 g/mol. The molecule has 21 heavy (non-hydrogen) atoms. The van der Waals surface area contributed by atoms with Gasteiger partial charge in [-0.15, -0.1) is 0 Å². The van der Waals surface area contributed by atoms with Crippen molar-refractivity contribution in [2.24, 2.45) is 11.8 Å². The molecular weight excluding hydrogens is 262 g/mol. The predicted molar refractivity (Wildman–Crippen MR) is 87.3 cm³/mol. The highest BCUT2D eigenvalue weighted by atomic mass is 16.5. The Bertz CT molecular complexity index is 416. The van der Waals surface area contributed by atoms with E-state index in [1.807, 2.05) is 6.07 Å². The fourth-order valence-electron chi connectivity index (χ4n) is 2.57. The van der Waals surface area contributed by atoms with Gasteiger partial charge in [0, 0.05) is 6.54 Å². The lowest BCUT2D eigenvalue weighted by Crippen LogP contribution is -2.44. The van der Waals surface area contributed by atoms with Crippen LogP contribution in [0.25, 0.3) is 0 Å². The summed E-state index contributed by atoms with van der Waals surface area (Å²) in [7, 11) is 1.45. The van der Waals surface area contributed by atoms with Crippen LogP contribution in [0.2, 0.25) is 0 Å². The van der Waals surface area contributed by atoms with Gasteiger partial charge in [-0.25, -0.2) is 0 Å². The molecule has 0 heterocycles. The number of carbonyl (C=O) groups excluding carboxylic acids is 1. The lowest BCUT2D eigenvalue weighted by atomic mass is 9.87. The molecule has 0 radical (unpaired) electrons. The summed E-state index contributed by atoms with van der Waals surface area (Å²) < 4.78 is 4.93. The smallest absolute Gasteiger partial charge is 0.323 e. The van der Waals surface area contributed by atoms with Crippen LogP contribution >= 0.6 is 0 Å². The SMILES string of the molecule is CCC(C)C(NCC(c1ccccc1)C(C)C)C(=O)OC. The number of benzene rings is 1. The molecule has 1 aromatic carbocycles. The molecule has 3 nitrogen and oxygen atoms in total. The van der Waals surface area contributed by atoms with E-state index in [9.17, 15) is 4.79 Å². The second kappa shape index (κ2) is 8.83. The third-order valence-corrected chi connectivity index (χ3v) is 4.26. The molecule has 3 atom stereocenters. The van der Waals surface area contributed by atoms with Gasteiger partial charge < -0.3 is 10.1 Å². The van der Waals surface area contributed by atoms with Gasteiger partial charge in [-0.05, 0) is 23.3 Å². The van der Waals surface area contributed by atoms with Gasteiger partial charge in [-0.2, -0.15) is 0 Å². The molecule has 0 aromatic heterocycles. The van der Waals surface area contributed by atoms with Crippen LogP contribution in [0.4, 0.5) is 0 Å². The van der Waals surface area contributed by atoms with E-state index in [2.05, 4.69) is 57.3 Å². The molecule has 0 aliphatic rings. The number of nitrogens with one attached hydrogen (secondary N) is 1. The molecule has 0 saturated carbocycles. The number of carbonyl (C=O) groups is 1. The molecule has 0 aliphatic carbocycles. The Morgan fingerprint density at radius 3 is 2.29 bits per heavy atom. The van der Waals surface area contributed by atoms with Gasteiger partial charge >= 0.3 is 5.97 Å². The second-order valence-electron chi connectivity index (χ2n) is 6.06.